The van der Waals surface area contributed by atoms with Crippen LogP contribution in [-0.4, -0.2) is 12.5 Å². The Bertz CT molecular complexity index is 813. The van der Waals surface area contributed by atoms with Gasteiger partial charge in [0.25, 0.3) is 5.91 Å². The molecule has 1 amide bonds. The maximum atomic E-state index is 12.2. The van der Waals surface area contributed by atoms with Gasteiger partial charge in [0.1, 0.15) is 0 Å². The van der Waals surface area contributed by atoms with Crippen molar-refractivity contribution in [1.29, 1.82) is 0 Å². The summed E-state index contributed by atoms with van der Waals surface area (Å²) in [4.78, 5) is 12.2. The molecule has 0 aliphatic carbocycles. The predicted molar refractivity (Wildman–Crippen MR) is 99.4 cm³/mol. The third kappa shape index (κ3) is 4.24. The van der Waals surface area contributed by atoms with Crippen LogP contribution in [0.4, 0.5) is 0 Å². The summed E-state index contributed by atoms with van der Waals surface area (Å²) < 4.78 is 0. The van der Waals surface area contributed by atoms with E-state index in [2.05, 4.69) is 17.4 Å². The highest BCUT2D eigenvalue weighted by Crippen LogP contribution is 2.19. The lowest BCUT2D eigenvalue weighted by atomic mass is 10.0. The summed E-state index contributed by atoms with van der Waals surface area (Å²) in [6.45, 7) is 0.583. The average Bonchev–Trinajstić information content (AvgIpc) is 2.63. The van der Waals surface area contributed by atoms with E-state index in [1.54, 1.807) is 0 Å². The molecule has 0 atom stereocenters. The van der Waals surface area contributed by atoms with Gasteiger partial charge in [-0.1, -0.05) is 66.2 Å². The number of rotatable bonds is 5. The van der Waals surface area contributed by atoms with Gasteiger partial charge < -0.3 is 5.32 Å². The minimum Gasteiger partial charge on any atom is -0.352 e. The van der Waals surface area contributed by atoms with Gasteiger partial charge in [-0.05, 0) is 47.4 Å². The molecule has 0 aliphatic rings. The van der Waals surface area contributed by atoms with E-state index >= 15 is 0 Å². The fourth-order valence-electron chi connectivity index (χ4n) is 2.56. The van der Waals surface area contributed by atoms with Crippen LogP contribution < -0.4 is 5.32 Å². The molecule has 0 spiro atoms. The van der Waals surface area contributed by atoms with Crippen LogP contribution in [0.2, 0.25) is 5.02 Å². The second-order valence-electron chi connectivity index (χ2n) is 5.58. The van der Waals surface area contributed by atoms with Crippen molar-refractivity contribution in [3.8, 4) is 11.1 Å². The van der Waals surface area contributed by atoms with Crippen molar-refractivity contribution in [2.45, 2.75) is 6.42 Å². The number of amides is 1. The first kappa shape index (κ1) is 16.3. The van der Waals surface area contributed by atoms with Gasteiger partial charge in [-0.15, -0.1) is 0 Å². The van der Waals surface area contributed by atoms with Gasteiger partial charge in [0.05, 0.1) is 0 Å². The van der Waals surface area contributed by atoms with Gasteiger partial charge in [0.15, 0.2) is 0 Å². The number of hydrogen-bond acceptors (Lipinski definition) is 1. The lowest BCUT2D eigenvalue weighted by molar-refractivity contribution is 0.0954. The van der Waals surface area contributed by atoms with E-state index in [1.165, 1.54) is 0 Å². The number of hydrogen-bond donors (Lipinski definition) is 1. The number of carbonyl (C=O) groups is 1. The fourth-order valence-corrected chi connectivity index (χ4v) is 2.77. The Kier molecular flexibility index (Phi) is 5.29. The highest BCUT2D eigenvalue weighted by atomic mass is 35.5. The van der Waals surface area contributed by atoms with Gasteiger partial charge in [-0.2, -0.15) is 0 Å². The maximum absolute atomic E-state index is 12.2. The molecule has 0 saturated heterocycles. The van der Waals surface area contributed by atoms with Crippen molar-refractivity contribution >= 4 is 17.5 Å². The molecule has 3 heteroatoms. The van der Waals surface area contributed by atoms with Gasteiger partial charge >= 0.3 is 0 Å². The average molecular weight is 336 g/mol. The van der Waals surface area contributed by atoms with Gasteiger partial charge in [-0.25, -0.2) is 0 Å². The third-order valence-corrected chi connectivity index (χ3v) is 4.08. The van der Waals surface area contributed by atoms with Crippen LogP contribution in [-0.2, 0) is 6.42 Å². The van der Waals surface area contributed by atoms with Crippen molar-refractivity contribution in [1.82, 2.24) is 5.32 Å². The second-order valence-corrected chi connectivity index (χ2v) is 6.02. The fraction of sp³-hybridized carbons (Fsp3) is 0.0952. The summed E-state index contributed by atoms with van der Waals surface area (Å²) in [6.07, 6.45) is 0.758. The largest absolute Gasteiger partial charge is 0.352 e. The molecule has 0 saturated carbocycles. The highest BCUT2D eigenvalue weighted by Gasteiger charge is 2.05. The lowest BCUT2D eigenvalue weighted by Gasteiger charge is -2.07. The molecule has 3 aromatic rings. The Balaban J connectivity index is 1.57. The Morgan fingerprint density at radius 3 is 2.25 bits per heavy atom. The van der Waals surface area contributed by atoms with Gasteiger partial charge in [-0.3, -0.25) is 4.79 Å². The van der Waals surface area contributed by atoms with Crippen LogP contribution in [0, 0.1) is 0 Å². The first-order chi connectivity index (χ1) is 11.7. The van der Waals surface area contributed by atoms with Crippen molar-refractivity contribution in [2.75, 3.05) is 6.54 Å². The minimum atomic E-state index is -0.0587. The SMILES string of the molecule is O=C(NCCc1cccc(Cl)c1)c1ccc(-c2ccccc2)cc1. The van der Waals surface area contributed by atoms with Crippen molar-refractivity contribution < 1.29 is 4.79 Å². The second kappa shape index (κ2) is 7.80. The first-order valence-electron chi connectivity index (χ1n) is 7.90. The molecule has 0 unspecified atom stereocenters. The van der Waals surface area contributed by atoms with E-state index in [1.807, 2.05) is 66.7 Å². The molecule has 2 nitrogen and oxygen atoms in total. The van der Waals surface area contributed by atoms with E-state index in [4.69, 9.17) is 11.6 Å². The van der Waals surface area contributed by atoms with Crippen LogP contribution in [0.15, 0.2) is 78.9 Å². The Hall–Kier alpha value is -2.58. The molecule has 0 heterocycles. The summed E-state index contributed by atoms with van der Waals surface area (Å²) >= 11 is 5.96. The molecule has 0 radical (unpaired) electrons. The third-order valence-electron chi connectivity index (χ3n) is 3.84. The summed E-state index contributed by atoms with van der Waals surface area (Å²) in [6, 6.07) is 25.5. The van der Waals surface area contributed by atoms with E-state index < -0.39 is 0 Å². The summed E-state index contributed by atoms with van der Waals surface area (Å²) in [5.74, 6) is -0.0587. The Labute approximate surface area is 147 Å². The molecule has 24 heavy (non-hydrogen) atoms. The zero-order valence-corrected chi connectivity index (χ0v) is 14.0. The van der Waals surface area contributed by atoms with Crippen LogP contribution >= 0.6 is 11.6 Å². The lowest BCUT2D eigenvalue weighted by Crippen LogP contribution is -2.25. The van der Waals surface area contributed by atoms with Crippen LogP contribution in [0.5, 0.6) is 0 Å². The highest BCUT2D eigenvalue weighted by molar-refractivity contribution is 6.30. The van der Waals surface area contributed by atoms with Gasteiger partial charge in [0.2, 0.25) is 0 Å². The Morgan fingerprint density at radius 1 is 0.833 bits per heavy atom. The molecular formula is C21H18ClNO. The van der Waals surface area contributed by atoms with Crippen LogP contribution in [0.25, 0.3) is 11.1 Å². The normalized spacial score (nSPS) is 10.4. The quantitative estimate of drug-likeness (QED) is 0.700. The van der Waals surface area contributed by atoms with Crippen molar-refractivity contribution in [3.63, 3.8) is 0 Å². The topological polar surface area (TPSA) is 29.1 Å². The van der Waals surface area contributed by atoms with Crippen molar-refractivity contribution in [3.05, 3.63) is 95.0 Å². The molecule has 0 bridgehead atoms. The summed E-state index contributed by atoms with van der Waals surface area (Å²) in [7, 11) is 0. The minimum absolute atomic E-state index is 0.0587. The standard InChI is InChI=1S/C21H18ClNO/c22-20-8-4-5-16(15-20)13-14-23-21(24)19-11-9-18(10-12-19)17-6-2-1-3-7-17/h1-12,15H,13-14H2,(H,23,24). The zero-order valence-electron chi connectivity index (χ0n) is 13.2. The van der Waals surface area contributed by atoms with E-state index in [0.29, 0.717) is 12.1 Å². The van der Waals surface area contributed by atoms with Crippen LogP contribution in [0.1, 0.15) is 15.9 Å². The molecule has 0 aliphatic heterocycles. The van der Waals surface area contributed by atoms with Gasteiger partial charge in [0, 0.05) is 17.1 Å². The van der Waals surface area contributed by atoms with E-state index in [0.717, 1.165) is 28.1 Å². The number of carbonyl (C=O) groups excluding carboxylic acids is 1. The smallest absolute Gasteiger partial charge is 0.251 e. The zero-order chi connectivity index (χ0) is 16.8. The first-order valence-corrected chi connectivity index (χ1v) is 8.28. The number of halogens is 1. The van der Waals surface area contributed by atoms with E-state index in [-0.39, 0.29) is 5.91 Å². The predicted octanol–water partition coefficient (Wildman–Crippen LogP) is 4.98. The molecule has 0 aromatic heterocycles. The summed E-state index contributed by atoms with van der Waals surface area (Å²) in [5.41, 5.74) is 4.03. The molecule has 1 N–H and O–H groups in total. The van der Waals surface area contributed by atoms with E-state index in [9.17, 15) is 4.79 Å². The Morgan fingerprint density at radius 2 is 1.54 bits per heavy atom. The number of benzene rings is 3. The number of nitrogens with one attached hydrogen (secondary N) is 1. The van der Waals surface area contributed by atoms with Crippen molar-refractivity contribution in [2.24, 2.45) is 0 Å². The summed E-state index contributed by atoms with van der Waals surface area (Å²) in [5, 5.41) is 3.66. The molecule has 3 aromatic carbocycles. The monoisotopic (exact) mass is 335 g/mol. The molecule has 3 rings (SSSR count). The molecule has 120 valence electrons. The molecule has 0 fully saturated rings. The van der Waals surface area contributed by atoms with Crippen LogP contribution in [0.3, 0.4) is 0 Å². The maximum Gasteiger partial charge on any atom is 0.251 e. The molecular weight excluding hydrogens is 318 g/mol.